The van der Waals surface area contributed by atoms with Crippen LogP contribution in [0, 0.1) is 0 Å². The summed E-state index contributed by atoms with van der Waals surface area (Å²) in [5.74, 6) is 1.04. The lowest BCUT2D eigenvalue weighted by molar-refractivity contribution is 0.457. The molecule has 0 aliphatic carbocycles. The average molecular weight is 389 g/mol. The topological polar surface area (TPSA) is 107 Å². The molecule has 148 valence electrons. The summed E-state index contributed by atoms with van der Waals surface area (Å²) in [4.78, 5) is 12.2. The van der Waals surface area contributed by atoms with E-state index in [4.69, 9.17) is 5.73 Å². The SMILES string of the molecule is CCCCn1c(=O)cc(N)n1Cc1ccc(-c2ccccc2-c2nn[nH]n2)cc1. The van der Waals surface area contributed by atoms with Crippen LogP contribution < -0.4 is 11.3 Å². The Morgan fingerprint density at radius 1 is 1.03 bits per heavy atom. The number of hydrogen-bond donors (Lipinski definition) is 2. The van der Waals surface area contributed by atoms with Crippen molar-refractivity contribution in [2.24, 2.45) is 0 Å². The maximum absolute atomic E-state index is 12.2. The fourth-order valence-corrected chi connectivity index (χ4v) is 3.42. The first-order chi connectivity index (χ1) is 14.2. The molecule has 3 N–H and O–H groups in total. The van der Waals surface area contributed by atoms with Gasteiger partial charge in [-0.3, -0.25) is 9.48 Å². The monoisotopic (exact) mass is 389 g/mol. The molecule has 8 heteroatoms. The van der Waals surface area contributed by atoms with Crippen molar-refractivity contribution in [3.8, 4) is 22.5 Å². The van der Waals surface area contributed by atoms with E-state index >= 15 is 0 Å². The Morgan fingerprint density at radius 2 is 1.79 bits per heavy atom. The van der Waals surface area contributed by atoms with Crippen LogP contribution in [0.15, 0.2) is 59.4 Å². The second-order valence-electron chi connectivity index (χ2n) is 6.92. The quantitative estimate of drug-likeness (QED) is 0.505. The Bertz CT molecular complexity index is 1140. The van der Waals surface area contributed by atoms with Crippen molar-refractivity contribution in [2.75, 3.05) is 5.73 Å². The molecule has 4 aromatic rings. The van der Waals surface area contributed by atoms with Gasteiger partial charge >= 0.3 is 0 Å². The lowest BCUT2D eigenvalue weighted by Crippen LogP contribution is -2.24. The van der Waals surface area contributed by atoms with E-state index in [2.05, 4.69) is 51.8 Å². The number of aromatic amines is 1. The first kappa shape index (κ1) is 18.7. The largest absolute Gasteiger partial charge is 0.384 e. The number of anilines is 1. The number of aromatic nitrogens is 6. The van der Waals surface area contributed by atoms with Crippen molar-refractivity contribution >= 4 is 5.82 Å². The molecule has 29 heavy (non-hydrogen) atoms. The lowest BCUT2D eigenvalue weighted by Gasteiger charge is -2.14. The van der Waals surface area contributed by atoms with Gasteiger partial charge < -0.3 is 5.73 Å². The molecule has 0 saturated heterocycles. The molecule has 0 radical (unpaired) electrons. The Hall–Kier alpha value is -3.68. The number of hydrogen-bond acceptors (Lipinski definition) is 5. The number of nitrogens with one attached hydrogen (secondary N) is 1. The molecule has 4 rings (SSSR count). The van der Waals surface area contributed by atoms with Crippen LogP contribution in [0.4, 0.5) is 5.82 Å². The van der Waals surface area contributed by atoms with Gasteiger partial charge in [0.1, 0.15) is 5.82 Å². The third-order valence-electron chi connectivity index (χ3n) is 4.95. The van der Waals surface area contributed by atoms with Gasteiger partial charge in [-0.1, -0.05) is 61.9 Å². The molecule has 8 nitrogen and oxygen atoms in total. The zero-order valence-electron chi connectivity index (χ0n) is 16.2. The van der Waals surface area contributed by atoms with Gasteiger partial charge in [-0.15, -0.1) is 10.2 Å². The highest BCUT2D eigenvalue weighted by Crippen LogP contribution is 2.29. The molecule has 2 aromatic heterocycles. The molecule has 0 atom stereocenters. The van der Waals surface area contributed by atoms with Gasteiger partial charge in [0.05, 0.1) is 6.54 Å². The van der Waals surface area contributed by atoms with Crippen LogP contribution >= 0.6 is 0 Å². The summed E-state index contributed by atoms with van der Waals surface area (Å²) in [5.41, 5.74) is 10.1. The van der Waals surface area contributed by atoms with E-state index in [1.807, 2.05) is 28.9 Å². The molecule has 2 heterocycles. The second kappa shape index (κ2) is 8.14. The smallest absolute Gasteiger partial charge is 0.268 e. The van der Waals surface area contributed by atoms with Gasteiger partial charge in [0.25, 0.3) is 5.56 Å². The molecule has 2 aromatic carbocycles. The summed E-state index contributed by atoms with van der Waals surface area (Å²) in [6.45, 7) is 3.32. The Kier molecular flexibility index (Phi) is 5.24. The molecule has 0 fully saturated rings. The maximum atomic E-state index is 12.2. The second-order valence-corrected chi connectivity index (χ2v) is 6.92. The van der Waals surface area contributed by atoms with Gasteiger partial charge in [0.2, 0.25) is 5.82 Å². The number of unbranched alkanes of at least 4 members (excludes halogenated alkanes) is 1. The minimum atomic E-state index is -0.0541. The van der Waals surface area contributed by atoms with Crippen LogP contribution in [0.25, 0.3) is 22.5 Å². The van der Waals surface area contributed by atoms with Crippen LogP contribution in [-0.4, -0.2) is 30.0 Å². The lowest BCUT2D eigenvalue weighted by atomic mass is 9.98. The van der Waals surface area contributed by atoms with Crippen molar-refractivity contribution in [1.29, 1.82) is 0 Å². The third-order valence-corrected chi connectivity index (χ3v) is 4.95. The summed E-state index contributed by atoms with van der Waals surface area (Å²) < 4.78 is 3.57. The molecule has 0 aliphatic heterocycles. The summed E-state index contributed by atoms with van der Waals surface area (Å²) in [6, 6.07) is 17.7. The van der Waals surface area contributed by atoms with E-state index in [0.29, 0.717) is 24.7 Å². The van der Waals surface area contributed by atoms with Crippen molar-refractivity contribution in [2.45, 2.75) is 32.9 Å². The predicted octanol–water partition coefficient (Wildman–Crippen LogP) is 2.93. The molecule has 0 amide bonds. The van der Waals surface area contributed by atoms with E-state index in [9.17, 15) is 4.79 Å². The number of nitrogens with two attached hydrogens (primary N) is 1. The zero-order chi connectivity index (χ0) is 20.2. The highest BCUT2D eigenvalue weighted by molar-refractivity contribution is 5.80. The summed E-state index contributed by atoms with van der Waals surface area (Å²) in [7, 11) is 0. The van der Waals surface area contributed by atoms with E-state index in [1.54, 1.807) is 4.68 Å². The Labute approximate surface area is 168 Å². The van der Waals surface area contributed by atoms with Crippen LogP contribution in [0.5, 0.6) is 0 Å². The van der Waals surface area contributed by atoms with Crippen molar-refractivity contribution < 1.29 is 0 Å². The van der Waals surface area contributed by atoms with Gasteiger partial charge in [-0.05, 0) is 28.3 Å². The van der Waals surface area contributed by atoms with Gasteiger partial charge in [-0.2, -0.15) is 5.21 Å². The third kappa shape index (κ3) is 3.82. The molecule has 0 saturated carbocycles. The van der Waals surface area contributed by atoms with Gasteiger partial charge in [0.15, 0.2) is 0 Å². The van der Waals surface area contributed by atoms with Crippen LogP contribution in [0.3, 0.4) is 0 Å². The number of benzene rings is 2. The van der Waals surface area contributed by atoms with Crippen molar-refractivity contribution in [3.63, 3.8) is 0 Å². The van der Waals surface area contributed by atoms with Crippen LogP contribution in [-0.2, 0) is 13.1 Å². The highest BCUT2D eigenvalue weighted by Gasteiger charge is 2.12. The molecule has 0 bridgehead atoms. The molecule has 0 aliphatic rings. The molecule has 0 spiro atoms. The Morgan fingerprint density at radius 3 is 2.48 bits per heavy atom. The van der Waals surface area contributed by atoms with Gasteiger partial charge in [0, 0.05) is 18.2 Å². The minimum absolute atomic E-state index is 0.0541. The maximum Gasteiger partial charge on any atom is 0.268 e. The first-order valence-corrected chi connectivity index (χ1v) is 9.65. The van der Waals surface area contributed by atoms with E-state index in [-0.39, 0.29) is 5.56 Å². The fraction of sp³-hybridized carbons (Fsp3) is 0.238. The molecular formula is C21H23N7O. The number of nitrogens with zero attached hydrogens (tertiary/aromatic N) is 5. The van der Waals surface area contributed by atoms with Crippen molar-refractivity contribution in [3.05, 3.63) is 70.5 Å². The standard InChI is InChI=1S/C21H23N7O/c1-2-3-12-27-20(29)13-19(22)28(27)14-15-8-10-16(11-9-15)17-6-4-5-7-18(17)21-23-25-26-24-21/h4-11,13H,2-3,12,14,22H2,1H3,(H,23,24,25,26). The van der Waals surface area contributed by atoms with Crippen molar-refractivity contribution in [1.82, 2.24) is 30.0 Å². The van der Waals surface area contributed by atoms with Gasteiger partial charge in [-0.25, -0.2) is 4.68 Å². The summed E-state index contributed by atoms with van der Waals surface area (Å²) in [6.07, 6.45) is 1.96. The molecular weight excluding hydrogens is 366 g/mol. The normalized spacial score (nSPS) is 11.1. The fourth-order valence-electron chi connectivity index (χ4n) is 3.42. The van der Waals surface area contributed by atoms with E-state index in [0.717, 1.165) is 35.1 Å². The van der Waals surface area contributed by atoms with E-state index in [1.165, 1.54) is 6.07 Å². The van der Waals surface area contributed by atoms with Crippen LogP contribution in [0.1, 0.15) is 25.3 Å². The minimum Gasteiger partial charge on any atom is -0.384 e. The summed E-state index contributed by atoms with van der Waals surface area (Å²) in [5, 5.41) is 14.3. The highest BCUT2D eigenvalue weighted by atomic mass is 16.1. The first-order valence-electron chi connectivity index (χ1n) is 9.65. The number of tetrazole rings is 1. The predicted molar refractivity (Wildman–Crippen MR) is 112 cm³/mol. The Balaban J connectivity index is 1.62. The van der Waals surface area contributed by atoms with E-state index < -0.39 is 0 Å². The van der Waals surface area contributed by atoms with Crippen LogP contribution in [0.2, 0.25) is 0 Å². The number of H-pyrrole nitrogens is 1. The zero-order valence-corrected chi connectivity index (χ0v) is 16.2. The number of rotatable bonds is 7. The number of nitrogen functional groups attached to an aromatic ring is 1. The average Bonchev–Trinajstić information content (AvgIpc) is 3.36. The molecule has 0 unspecified atom stereocenters. The summed E-state index contributed by atoms with van der Waals surface area (Å²) >= 11 is 0.